The third-order valence-electron chi connectivity index (χ3n) is 2.51. The predicted molar refractivity (Wildman–Crippen MR) is 84.5 cm³/mol. The fraction of sp³-hybridized carbons (Fsp3) is 0.400. The van der Waals surface area contributed by atoms with Crippen molar-refractivity contribution < 1.29 is 14.3 Å². The van der Waals surface area contributed by atoms with Crippen LogP contribution < -0.4 is 16.4 Å². The fourth-order valence-electron chi connectivity index (χ4n) is 1.69. The maximum Gasteiger partial charge on any atom is 0.408 e. The molecule has 119 valence electrons. The third-order valence-corrected chi connectivity index (χ3v) is 2.51. The SMILES string of the molecule is CC(C)(C)OC(=O)N[C@H]([C]=O)Cc1ccc(NC(=N)N)cc1. The first-order chi connectivity index (χ1) is 10.2. The molecule has 0 fully saturated rings. The molecule has 0 aliphatic heterocycles. The normalized spacial score (nSPS) is 12.1. The van der Waals surface area contributed by atoms with E-state index in [1.807, 2.05) is 0 Å². The Hall–Kier alpha value is -2.57. The van der Waals surface area contributed by atoms with E-state index in [0.29, 0.717) is 12.1 Å². The number of ether oxygens (including phenoxy) is 1. The van der Waals surface area contributed by atoms with Gasteiger partial charge in [0.25, 0.3) is 0 Å². The number of nitrogens with two attached hydrogens (primary N) is 1. The molecule has 7 heteroatoms. The first-order valence-electron chi connectivity index (χ1n) is 6.77. The summed E-state index contributed by atoms with van der Waals surface area (Å²) < 4.78 is 5.09. The zero-order chi connectivity index (χ0) is 16.8. The van der Waals surface area contributed by atoms with Crippen LogP contribution in [0.15, 0.2) is 24.3 Å². The van der Waals surface area contributed by atoms with Gasteiger partial charge < -0.3 is 21.1 Å². The molecular weight excluding hydrogens is 284 g/mol. The minimum absolute atomic E-state index is 0.154. The largest absolute Gasteiger partial charge is 0.444 e. The van der Waals surface area contributed by atoms with Gasteiger partial charge in [-0.15, -0.1) is 0 Å². The molecule has 7 nitrogen and oxygen atoms in total. The average molecular weight is 305 g/mol. The lowest BCUT2D eigenvalue weighted by Crippen LogP contribution is -2.41. The Balaban J connectivity index is 2.60. The monoisotopic (exact) mass is 305 g/mol. The van der Waals surface area contributed by atoms with Crippen LogP contribution in [-0.2, 0) is 16.0 Å². The van der Waals surface area contributed by atoms with Crippen LogP contribution in [0.2, 0.25) is 0 Å². The van der Waals surface area contributed by atoms with Gasteiger partial charge in [0.05, 0.1) is 0 Å². The second-order valence-corrected chi connectivity index (χ2v) is 5.76. The van der Waals surface area contributed by atoms with E-state index >= 15 is 0 Å². The molecule has 1 amide bonds. The molecule has 0 heterocycles. The standard InChI is InChI=1S/C15H21N4O3/c1-15(2,3)22-14(21)19-12(9-20)8-10-4-6-11(7-5-10)18-13(16)17/h4-7,12H,8H2,1-3H3,(H,19,21)(H4,16,17,18)/t12-/m0/s1. The predicted octanol–water partition coefficient (Wildman–Crippen LogP) is 1.54. The van der Waals surface area contributed by atoms with Gasteiger partial charge in [-0.25, -0.2) is 4.79 Å². The van der Waals surface area contributed by atoms with E-state index < -0.39 is 17.7 Å². The van der Waals surface area contributed by atoms with Crippen LogP contribution >= 0.6 is 0 Å². The number of nitrogens with one attached hydrogen (secondary N) is 3. The minimum Gasteiger partial charge on any atom is -0.444 e. The van der Waals surface area contributed by atoms with Gasteiger partial charge in [0.15, 0.2) is 5.96 Å². The molecule has 0 saturated carbocycles. The molecule has 5 N–H and O–H groups in total. The fourth-order valence-corrected chi connectivity index (χ4v) is 1.69. The summed E-state index contributed by atoms with van der Waals surface area (Å²) in [5, 5.41) is 12.2. The molecule has 1 atom stereocenters. The minimum atomic E-state index is -0.790. The molecule has 1 radical (unpaired) electrons. The van der Waals surface area contributed by atoms with E-state index in [9.17, 15) is 9.59 Å². The molecule has 0 aliphatic carbocycles. The highest BCUT2D eigenvalue weighted by Crippen LogP contribution is 2.11. The number of anilines is 1. The smallest absolute Gasteiger partial charge is 0.408 e. The molecule has 0 aromatic heterocycles. The van der Waals surface area contributed by atoms with Crippen LogP contribution in [0.4, 0.5) is 10.5 Å². The Kier molecular flexibility index (Phi) is 5.91. The lowest BCUT2D eigenvalue weighted by Gasteiger charge is -2.21. The third kappa shape index (κ3) is 6.74. The van der Waals surface area contributed by atoms with E-state index in [1.165, 1.54) is 0 Å². The second-order valence-electron chi connectivity index (χ2n) is 5.76. The topological polar surface area (TPSA) is 117 Å². The van der Waals surface area contributed by atoms with Crippen LogP contribution in [0.3, 0.4) is 0 Å². The molecule has 0 unspecified atom stereocenters. The van der Waals surface area contributed by atoms with Gasteiger partial charge in [-0.05, 0) is 38.5 Å². The number of amides is 1. The van der Waals surface area contributed by atoms with Crippen molar-refractivity contribution in [2.45, 2.75) is 38.8 Å². The molecule has 1 rings (SSSR count). The van der Waals surface area contributed by atoms with E-state index in [2.05, 4.69) is 10.6 Å². The van der Waals surface area contributed by atoms with Gasteiger partial charge in [0.1, 0.15) is 11.6 Å². The van der Waals surface area contributed by atoms with Crippen molar-refractivity contribution in [3.63, 3.8) is 0 Å². The lowest BCUT2D eigenvalue weighted by atomic mass is 10.1. The van der Waals surface area contributed by atoms with Crippen LogP contribution in [0.25, 0.3) is 0 Å². The number of hydrogen-bond acceptors (Lipinski definition) is 4. The molecule has 0 aliphatic rings. The summed E-state index contributed by atoms with van der Waals surface area (Å²) in [7, 11) is 0. The average Bonchev–Trinajstić information content (AvgIpc) is 2.37. The van der Waals surface area contributed by atoms with Gasteiger partial charge in [-0.1, -0.05) is 12.1 Å². The van der Waals surface area contributed by atoms with Crippen molar-refractivity contribution in [1.82, 2.24) is 5.32 Å². The highest BCUT2D eigenvalue weighted by molar-refractivity contribution is 5.89. The summed E-state index contributed by atoms with van der Waals surface area (Å²) >= 11 is 0. The Morgan fingerprint density at radius 1 is 1.36 bits per heavy atom. The summed E-state index contributed by atoms with van der Waals surface area (Å²) in [6.07, 6.45) is 1.42. The Morgan fingerprint density at radius 3 is 2.41 bits per heavy atom. The van der Waals surface area contributed by atoms with Gasteiger partial charge in [0.2, 0.25) is 6.29 Å². The molecule has 1 aromatic carbocycles. The highest BCUT2D eigenvalue weighted by Gasteiger charge is 2.19. The summed E-state index contributed by atoms with van der Waals surface area (Å²) in [4.78, 5) is 22.6. The highest BCUT2D eigenvalue weighted by atomic mass is 16.6. The number of carbonyl (C=O) groups excluding carboxylic acids is 2. The van der Waals surface area contributed by atoms with Crippen LogP contribution in [-0.4, -0.2) is 30.0 Å². The van der Waals surface area contributed by atoms with Gasteiger partial charge in [-0.3, -0.25) is 10.2 Å². The second kappa shape index (κ2) is 7.44. The van der Waals surface area contributed by atoms with Gasteiger partial charge >= 0.3 is 6.09 Å². The van der Waals surface area contributed by atoms with Crippen molar-refractivity contribution in [3.05, 3.63) is 29.8 Å². The van der Waals surface area contributed by atoms with Crippen LogP contribution in [0.1, 0.15) is 26.3 Å². The van der Waals surface area contributed by atoms with E-state index in [0.717, 1.165) is 5.56 Å². The van der Waals surface area contributed by atoms with Crippen molar-refractivity contribution in [1.29, 1.82) is 5.41 Å². The van der Waals surface area contributed by atoms with Gasteiger partial charge in [0, 0.05) is 12.1 Å². The van der Waals surface area contributed by atoms with Gasteiger partial charge in [-0.2, -0.15) is 0 Å². The summed E-state index contributed by atoms with van der Waals surface area (Å²) in [6, 6.07) is 6.21. The maximum atomic E-state index is 11.6. The number of hydrogen-bond donors (Lipinski definition) is 4. The van der Waals surface area contributed by atoms with Crippen molar-refractivity contribution in [2.75, 3.05) is 5.32 Å². The zero-order valence-corrected chi connectivity index (χ0v) is 12.9. The quantitative estimate of drug-likeness (QED) is 0.486. The van der Waals surface area contributed by atoms with Crippen LogP contribution in [0, 0.1) is 5.41 Å². The van der Waals surface area contributed by atoms with Crippen molar-refractivity contribution in [3.8, 4) is 0 Å². The van der Waals surface area contributed by atoms with Crippen LogP contribution in [0.5, 0.6) is 0 Å². The molecule has 1 aromatic rings. The molecular formula is C15H21N4O3. The number of benzene rings is 1. The van der Waals surface area contributed by atoms with E-state index in [4.69, 9.17) is 15.9 Å². The number of guanidine groups is 1. The van der Waals surface area contributed by atoms with Crippen molar-refractivity contribution in [2.24, 2.45) is 5.73 Å². The van der Waals surface area contributed by atoms with E-state index in [1.54, 1.807) is 51.3 Å². The molecule has 0 spiro atoms. The Bertz CT molecular complexity index is 535. The number of rotatable bonds is 5. The first-order valence-corrected chi connectivity index (χ1v) is 6.77. The Morgan fingerprint density at radius 2 is 1.95 bits per heavy atom. The summed E-state index contributed by atoms with van der Waals surface area (Å²) in [6.45, 7) is 5.23. The van der Waals surface area contributed by atoms with E-state index in [-0.39, 0.29) is 5.96 Å². The van der Waals surface area contributed by atoms with Crippen molar-refractivity contribution >= 4 is 24.0 Å². The maximum absolute atomic E-state index is 11.6. The Labute approximate surface area is 129 Å². The summed E-state index contributed by atoms with van der Waals surface area (Å²) in [5.74, 6) is -0.154. The molecule has 22 heavy (non-hydrogen) atoms. The molecule has 0 bridgehead atoms. The number of alkyl carbamates (subject to hydrolysis) is 1. The summed E-state index contributed by atoms with van der Waals surface area (Å²) in [5.41, 5.74) is 6.10. The zero-order valence-electron chi connectivity index (χ0n) is 12.9. The first kappa shape index (κ1) is 17.5. The number of carbonyl (C=O) groups is 1. The molecule has 0 saturated heterocycles. The lowest BCUT2D eigenvalue weighted by molar-refractivity contribution is 0.0517.